The van der Waals surface area contributed by atoms with Crippen LogP contribution >= 0.6 is 7.82 Å². The number of aliphatic hydroxyl groups excluding tert-OH is 1. The Morgan fingerprint density at radius 1 is 0.473 bits per heavy atom. The van der Waals surface area contributed by atoms with E-state index in [9.17, 15) is 19.4 Å². The van der Waals surface area contributed by atoms with Gasteiger partial charge >= 0.3 is 7.82 Å². The lowest BCUT2D eigenvalue weighted by molar-refractivity contribution is -0.870. The summed E-state index contributed by atoms with van der Waals surface area (Å²) in [6.07, 6.45) is 76.2. The molecule has 0 fully saturated rings. The summed E-state index contributed by atoms with van der Waals surface area (Å²) in [6.45, 7) is 4.74. The number of carbonyl (C=O) groups excluding carboxylic acids is 1. The van der Waals surface area contributed by atoms with Crippen molar-refractivity contribution in [2.75, 3.05) is 40.9 Å². The quantitative estimate of drug-likeness (QED) is 0.0243. The van der Waals surface area contributed by atoms with Crippen LogP contribution in [0, 0.1) is 0 Å². The van der Waals surface area contributed by atoms with Crippen molar-refractivity contribution in [3.8, 4) is 0 Å². The van der Waals surface area contributed by atoms with Gasteiger partial charge in [0.25, 0.3) is 0 Å². The first-order valence-corrected chi connectivity index (χ1v) is 33.2. The van der Waals surface area contributed by atoms with Gasteiger partial charge in [0.1, 0.15) is 13.2 Å². The van der Waals surface area contributed by atoms with Crippen molar-refractivity contribution in [1.29, 1.82) is 0 Å². The van der Waals surface area contributed by atoms with Gasteiger partial charge in [0.15, 0.2) is 0 Å². The minimum absolute atomic E-state index is 0.0618. The number of aliphatic hydroxyl groups is 1. The van der Waals surface area contributed by atoms with E-state index in [1.807, 2.05) is 27.2 Å². The zero-order valence-corrected chi connectivity index (χ0v) is 50.5. The number of hydrogen-bond donors (Lipinski definition) is 3. The average Bonchev–Trinajstić information content (AvgIpc) is 3.36. The number of likely N-dealkylation sites (N-methyl/N-ethyl adjacent to an activating group) is 1. The van der Waals surface area contributed by atoms with Crippen LogP contribution in [0.2, 0.25) is 0 Å². The van der Waals surface area contributed by atoms with Crippen LogP contribution in [0.4, 0.5) is 0 Å². The molecule has 0 rings (SSSR count). The molecule has 0 saturated heterocycles. The van der Waals surface area contributed by atoms with Gasteiger partial charge in [-0.05, 0) is 57.8 Å². The second-order valence-electron chi connectivity index (χ2n) is 22.8. The Balaban J connectivity index is 4.09. The number of hydrogen-bond acceptors (Lipinski definition) is 5. The first kappa shape index (κ1) is 72.2. The van der Waals surface area contributed by atoms with Crippen molar-refractivity contribution in [2.45, 2.75) is 309 Å². The van der Waals surface area contributed by atoms with E-state index >= 15 is 0 Å². The zero-order chi connectivity index (χ0) is 54.2. The van der Waals surface area contributed by atoms with Crippen LogP contribution in [-0.4, -0.2) is 73.4 Å². The molecule has 3 atom stereocenters. The molecule has 0 saturated carbocycles. The summed E-state index contributed by atoms with van der Waals surface area (Å²) in [5.41, 5.74) is 0. The summed E-state index contributed by atoms with van der Waals surface area (Å²) in [6, 6.07) is -0.848. The molecule has 0 aliphatic rings. The van der Waals surface area contributed by atoms with E-state index in [1.165, 1.54) is 212 Å². The SMILES string of the molecule is CC/C=C\C/C=C\C/C=C\C/C=C\CCCCCCCCCCCCCCCCCCCCC(=O)NC(COP(=O)(O)OCC[N+](C)(C)C)C(O)/C=C/CCCCCCCCCCCCCCCCCCCCC. The van der Waals surface area contributed by atoms with Crippen LogP contribution in [0.1, 0.15) is 296 Å². The molecule has 1 amide bonds. The van der Waals surface area contributed by atoms with Crippen LogP contribution in [0.5, 0.6) is 0 Å². The molecule has 0 radical (unpaired) electrons. The monoisotopic (exact) mass is 1060 g/mol. The van der Waals surface area contributed by atoms with Gasteiger partial charge in [-0.1, -0.05) is 293 Å². The lowest BCUT2D eigenvalue weighted by Gasteiger charge is -2.25. The molecule has 0 bridgehead atoms. The summed E-state index contributed by atoms with van der Waals surface area (Å²) in [4.78, 5) is 23.4. The number of amides is 1. The Morgan fingerprint density at radius 2 is 0.811 bits per heavy atom. The van der Waals surface area contributed by atoms with E-state index in [2.05, 4.69) is 67.8 Å². The van der Waals surface area contributed by atoms with Crippen LogP contribution in [0.15, 0.2) is 60.8 Å². The van der Waals surface area contributed by atoms with Gasteiger partial charge in [-0.25, -0.2) is 4.57 Å². The third-order valence-electron chi connectivity index (χ3n) is 14.2. The fourth-order valence-corrected chi connectivity index (χ4v) is 10.1. The van der Waals surface area contributed by atoms with Gasteiger partial charge in [-0.15, -0.1) is 0 Å². The molecule has 0 aromatic heterocycles. The highest BCUT2D eigenvalue weighted by molar-refractivity contribution is 7.47. The Kier molecular flexibility index (Phi) is 54.6. The summed E-state index contributed by atoms with van der Waals surface area (Å²) in [5.74, 6) is -0.173. The Hall–Kier alpha value is -1.80. The highest BCUT2D eigenvalue weighted by atomic mass is 31.2. The number of nitrogens with zero attached hydrogens (tertiary/aromatic N) is 1. The van der Waals surface area contributed by atoms with Crippen molar-refractivity contribution >= 4 is 13.7 Å². The molecular formula is C65H124N2O6P+. The summed E-state index contributed by atoms with van der Waals surface area (Å²) in [7, 11) is 1.58. The first-order chi connectivity index (χ1) is 36.0. The number of phosphoric acid groups is 1. The molecule has 0 aliphatic heterocycles. The lowest BCUT2D eigenvalue weighted by Crippen LogP contribution is -2.45. The number of carbonyl (C=O) groups is 1. The van der Waals surface area contributed by atoms with Crippen LogP contribution < -0.4 is 5.32 Å². The van der Waals surface area contributed by atoms with Crippen molar-refractivity contribution in [3.63, 3.8) is 0 Å². The number of unbranched alkanes of at least 4 members (excludes halogenated alkanes) is 37. The smallest absolute Gasteiger partial charge is 0.387 e. The van der Waals surface area contributed by atoms with Crippen molar-refractivity contribution in [3.05, 3.63) is 60.8 Å². The van der Waals surface area contributed by atoms with Gasteiger partial charge in [0, 0.05) is 6.42 Å². The fourth-order valence-electron chi connectivity index (χ4n) is 9.33. The van der Waals surface area contributed by atoms with E-state index in [4.69, 9.17) is 9.05 Å². The molecule has 0 heterocycles. The molecule has 0 aromatic rings. The van der Waals surface area contributed by atoms with E-state index in [1.54, 1.807) is 6.08 Å². The number of nitrogens with one attached hydrogen (secondary N) is 1. The predicted octanol–water partition coefficient (Wildman–Crippen LogP) is 19.7. The van der Waals surface area contributed by atoms with E-state index in [0.717, 1.165) is 64.2 Å². The van der Waals surface area contributed by atoms with Crippen LogP contribution in [0.25, 0.3) is 0 Å². The number of rotatable bonds is 58. The summed E-state index contributed by atoms with van der Waals surface area (Å²) >= 11 is 0. The maximum absolute atomic E-state index is 13.0. The van der Waals surface area contributed by atoms with Crippen molar-refractivity contribution < 1.29 is 32.9 Å². The standard InChI is InChI=1S/C65H123N2O6P/c1-6-8-10-12-14-16-18-20-22-24-26-28-29-30-31-32-33-34-35-36-37-39-41-43-45-47-49-51-53-55-57-59-65(69)66-63(62-73-74(70,71)72-61-60-67(3,4)5)64(68)58-56-54-52-50-48-46-44-42-40-38-27-25-23-21-19-17-15-13-11-9-7-2/h8,10,14,16,20,22,26,28,56,58,63-64,68H,6-7,9,11-13,15,17-19,21,23-25,27,29-55,57,59-62H2,1-5H3,(H-,66,69,70,71)/p+1/b10-8-,16-14-,22-20-,28-26-,58-56+. The Bertz CT molecular complexity index is 1390. The molecule has 8 nitrogen and oxygen atoms in total. The van der Waals surface area contributed by atoms with E-state index in [0.29, 0.717) is 17.4 Å². The maximum Gasteiger partial charge on any atom is 0.472 e. The number of quaternary nitrogens is 1. The molecule has 0 aliphatic carbocycles. The third kappa shape index (κ3) is 57.9. The second-order valence-corrected chi connectivity index (χ2v) is 24.2. The van der Waals surface area contributed by atoms with Gasteiger partial charge in [0.05, 0.1) is 39.9 Å². The summed E-state index contributed by atoms with van der Waals surface area (Å²) < 4.78 is 23.8. The number of phosphoric ester groups is 1. The van der Waals surface area contributed by atoms with Crippen LogP contribution in [0.3, 0.4) is 0 Å². The fraction of sp³-hybridized carbons (Fsp3) is 0.831. The first-order valence-electron chi connectivity index (χ1n) is 31.7. The molecule has 0 aromatic carbocycles. The Morgan fingerprint density at radius 3 is 1.19 bits per heavy atom. The number of allylic oxidation sites excluding steroid dienone is 9. The van der Waals surface area contributed by atoms with Gasteiger partial charge < -0.3 is 19.8 Å². The maximum atomic E-state index is 13.0. The average molecular weight is 1060 g/mol. The topological polar surface area (TPSA) is 105 Å². The summed E-state index contributed by atoms with van der Waals surface area (Å²) in [5, 5.41) is 14.0. The molecular weight excluding hydrogens is 936 g/mol. The molecule has 0 spiro atoms. The molecule has 434 valence electrons. The Labute approximate surface area is 460 Å². The van der Waals surface area contributed by atoms with E-state index < -0.39 is 20.0 Å². The predicted molar refractivity (Wildman–Crippen MR) is 323 cm³/mol. The minimum Gasteiger partial charge on any atom is -0.387 e. The van der Waals surface area contributed by atoms with Crippen LogP contribution in [-0.2, 0) is 18.4 Å². The second kappa shape index (κ2) is 55.9. The molecule has 9 heteroatoms. The lowest BCUT2D eigenvalue weighted by atomic mass is 10.0. The van der Waals surface area contributed by atoms with E-state index in [-0.39, 0.29) is 19.1 Å². The third-order valence-corrected chi connectivity index (χ3v) is 15.2. The van der Waals surface area contributed by atoms with Gasteiger partial charge in [-0.3, -0.25) is 13.8 Å². The molecule has 74 heavy (non-hydrogen) atoms. The zero-order valence-electron chi connectivity index (χ0n) is 49.6. The highest BCUT2D eigenvalue weighted by Gasteiger charge is 2.27. The molecule has 3 N–H and O–H groups in total. The minimum atomic E-state index is -4.35. The van der Waals surface area contributed by atoms with Crippen molar-refractivity contribution in [1.82, 2.24) is 5.32 Å². The van der Waals surface area contributed by atoms with Gasteiger partial charge in [0.2, 0.25) is 5.91 Å². The highest BCUT2D eigenvalue weighted by Crippen LogP contribution is 2.43. The molecule has 3 unspecified atom stereocenters. The van der Waals surface area contributed by atoms with Gasteiger partial charge in [-0.2, -0.15) is 0 Å². The largest absolute Gasteiger partial charge is 0.472 e. The van der Waals surface area contributed by atoms with Crippen molar-refractivity contribution in [2.24, 2.45) is 0 Å². The normalized spacial score (nSPS) is 14.2.